The van der Waals surface area contributed by atoms with E-state index in [1.54, 1.807) is 9.58 Å². The number of nitro groups is 1. The van der Waals surface area contributed by atoms with E-state index in [4.69, 9.17) is 4.74 Å². The number of benzene rings is 1. The van der Waals surface area contributed by atoms with Gasteiger partial charge in [0.05, 0.1) is 11.0 Å². The van der Waals surface area contributed by atoms with Crippen molar-refractivity contribution in [1.29, 1.82) is 0 Å². The lowest BCUT2D eigenvalue weighted by atomic mass is 9.92. The van der Waals surface area contributed by atoms with Gasteiger partial charge in [0.2, 0.25) is 0 Å². The van der Waals surface area contributed by atoms with E-state index in [1.807, 2.05) is 51.1 Å². The maximum absolute atomic E-state index is 12.4. The SMILES string of the molecule is CC(C)(C)OC(=O)N1CCC(C(c2ccccc2)n2cc([N+](=O)[O-])cn2)C1. The third kappa shape index (κ3) is 4.45. The standard InChI is InChI=1S/C19H24N4O4/c1-19(2,3)27-18(24)21-10-9-15(12-21)17(14-7-5-4-6-8-14)22-13-16(11-20-22)23(25)26/h4-8,11,13,15,17H,9-10,12H2,1-3H3. The van der Waals surface area contributed by atoms with E-state index in [9.17, 15) is 14.9 Å². The predicted molar refractivity (Wildman–Crippen MR) is 99.4 cm³/mol. The molecule has 1 fully saturated rings. The number of aromatic nitrogens is 2. The van der Waals surface area contributed by atoms with Gasteiger partial charge in [-0.05, 0) is 32.8 Å². The second kappa shape index (κ2) is 7.38. The molecule has 2 unspecified atom stereocenters. The van der Waals surface area contributed by atoms with Gasteiger partial charge in [0.25, 0.3) is 0 Å². The number of nitrogens with zero attached hydrogens (tertiary/aromatic N) is 4. The molecular formula is C19H24N4O4. The average molecular weight is 372 g/mol. The second-order valence-corrected chi connectivity index (χ2v) is 7.77. The molecule has 2 aromatic rings. The molecule has 0 N–H and O–H groups in total. The number of rotatable bonds is 4. The van der Waals surface area contributed by atoms with E-state index in [-0.39, 0.29) is 23.7 Å². The van der Waals surface area contributed by atoms with Gasteiger partial charge in [-0.1, -0.05) is 30.3 Å². The van der Waals surface area contributed by atoms with Gasteiger partial charge in [-0.3, -0.25) is 14.8 Å². The molecule has 1 aromatic carbocycles. The van der Waals surface area contributed by atoms with Crippen molar-refractivity contribution < 1.29 is 14.5 Å². The molecule has 0 bridgehead atoms. The van der Waals surface area contributed by atoms with Crippen LogP contribution in [0.5, 0.6) is 0 Å². The molecule has 2 atom stereocenters. The quantitative estimate of drug-likeness (QED) is 0.604. The monoisotopic (exact) mass is 372 g/mol. The zero-order chi connectivity index (χ0) is 19.6. The fourth-order valence-corrected chi connectivity index (χ4v) is 3.40. The van der Waals surface area contributed by atoms with Crippen molar-refractivity contribution in [2.45, 2.75) is 38.8 Å². The van der Waals surface area contributed by atoms with E-state index in [1.165, 1.54) is 12.4 Å². The molecule has 0 spiro atoms. The second-order valence-electron chi connectivity index (χ2n) is 7.77. The Balaban J connectivity index is 1.84. The average Bonchev–Trinajstić information content (AvgIpc) is 3.25. The first-order chi connectivity index (χ1) is 12.7. The Morgan fingerprint density at radius 3 is 2.63 bits per heavy atom. The molecule has 1 amide bonds. The Labute approximate surface area is 157 Å². The first-order valence-corrected chi connectivity index (χ1v) is 8.96. The summed E-state index contributed by atoms with van der Waals surface area (Å²) in [5.41, 5.74) is 0.417. The highest BCUT2D eigenvalue weighted by molar-refractivity contribution is 5.68. The van der Waals surface area contributed by atoms with Crippen LogP contribution < -0.4 is 0 Å². The summed E-state index contributed by atoms with van der Waals surface area (Å²) in [7, 11) is 0. The van der Waals surface area contributed by atoms with Gasteiger partial charge in [-0.2, -0.15) is 5.10 Å². The number of amides is 1. The van der Waals surface area contributed by atoms with Gasteiger partial charge in [-0.25, -0.2) is 4.79 Å². The van der Waals surface area contributed by atoms with Crippen molar-refractivity contribution in [3.8, 4) is 0 Å². The Hall–Kier alpha value is -2.90. The van der Waals surface area contributed by atoms with Crippen LogP contribution >= 0.6 is 0 Å². The number of carbonyl (C=O) groups excluding carboxylic acids is 1. The van der Waals surface area contributed by atoms with Crippen LogP contribution in [0.2, 0.25) is 0 Å². The van der Waals surface area contributed by atoms with Crippen molar-refractivity contribution in [2.24, 2.45) is 5.92 Å². The van der Waals surface area contributed by atoms with Gasteiger partial charge in [-0.15, -0.1) is 0 Å². The van der Waals surface area contributed by atoms with Crippen LogP contribution in [-0.2, 0) is 4.74 Å². The molecule has 0 radical (unpaired) electrons. The minimum atomic E-state index is -0.545. The molecule has 2 heterocycles. The van der Waals surface area contributed by atoms with Crippen molar-refractivity contribution in [2.75, 3.05) is 13.1 Å². The summed E-state index contributed by atoms with van der Waals surface area (Å²) >= 11 is 0. The molecule has 1 aliphatic rings. The van der Waals surface area contributed by atoms with Crippen molar-refractivity contribution >= 4 is 11.8 Å². The zero-order valence-electron chi connectivity index (χ0n) is 15.7. The van der Waals surface area contributed by atoms with E-state index in [2.05, 4.69) is 5.10 Å². The van der Waals surface area contributed by atoms with Gasteiger partial charge >= 0.3 is 11.8 Å². The third-order valence-corrected chi connectivity index (χ3v) is 4.55. The maximum atomic E-state index is 12.4. The first kappa shape index (κ1) is 18.9. The lowest BCUT2D eigenvalue weighted by Gasteiger charge is -2.26. The lowest BCUT2D eigenvalue weighted by molar-refractivity contribution is -0.385. The Kier molecular flexibility index (Phi) is 5.16. The molecule has 1 aromatic heterocycles. The molecule has 0 aliphatic carbocycles. The molecule has 3 rings (SSSR count). The summed E-state index contributed by atoms with van der Waals surface area (Å²) in [5.74, 6) is 0.0828. The number of likely N-dealkylation sites (tertiary alicyclic amines) is 1. The van der Waals surface area contributed by atoms with Crippen LogP contribution in [0.1, 0.15) is 38.8 Å². The van der Waals surface area contributed by atoms with Crippen LogP contribution in [0.15, 0.2) is 42.7 Å². The van der Waals surface area contributed by atoms with Gasteiger partial charge in [0.15, 0.2) is 0 Å². The van der Waals surface area contributed by atoms with E-state index in [0.29, 0.717) is 13.1 Å². The maximum Gasteiger partial charge on any atom is 0.410 e. The lowest BCUT2D eigenvalue weighted by Crippen LogP contribution is -2.36. The fraction of sp³-hybridized carbons (Fsp3) is 0.474. The van der Waals surface area contributed by atoms with Crippen LogP contribution in [0, 0.1) is 16.0 Å². The Morgan fingerprint density at radius 1 is 1.33 bits per heavy atom. The highest BCUT2D eigenvalue weighted by atomic mass is 16.6. The Morgan fingerprint density at radius 2 is 2.04 bits per heavy atom. The van der Waals surface area contributed by atoms with E-state index < -0.39 is 10.5 Å². The Bertz CT molecular complexity index is 813. The molecule has 1 aliphatic heterocycles. The van der Waals surface area contributed by atoms with Gasteiger partial charge < -0.3 is 9.64 Å². The van der Waals surface area contributed by atoms with Crippen LogP contribution in [0.3, 0.4) is 0 Å². The summed E-state index contributed by atoms with van der Waals surface area (Å²) in [6.07, 6.45) is 3.15. The first-order valence-electron chi connectivity index (χ1n) is 8.96. The number of hydrogen-bond acceptors (Lipinski definition) is 5. The largest absolute Gasteiger partial charge is 0.444 e. The normalized spacial score (nSPS) is 18.3. The minimum absolute atomic E-state index is 0.0436. The molecule has 144 valence electrons. The van der Waals surface area contributed by atoms with E-state index in [0.717, 1.165) is 12.0 Å². The molecule has 1 saturated heterocycles. The number of ether oxygens (including phenoxy) is 1. The summed E-state index contributed by atoms with van der Waals surface area (Å²) in [5, 5.41) is 15.3. The summed E-state index contributed by atoms with van der Waals surface area (Å²) in [6.45, 7) is 6.63. The van der Waals surface area contributed by atoms with Crippen molar-refractivity contribution in [3.05, 3.63) is 58.4 Å². The highest BCUT2D eigenvalue weighted by Crippen LogP contribution is 2.34. The fourth-order valence-electron chi connectivity index (χ4n) is 3.40. The zero-order valence-corrected chi connectivity index (χ0v) is 15.7. The summed E-state index contributed by atoms with van der Waals surface area (Å²) < 4.78 is 7.11. The highest BCUT2D eigenvalue weighted by Gasteiger charge is 2.36. The van der Waals surface area contributed by atoms with E-state index >= 15 is 0 Å². The number of carbonyl (C=O) groups is 1. The predicted octanol–water partition coefficient (Wildman–Crippen LogP) is 3.64. The molecular weight excluding hydrogens is 348 g/mol. The minimum Gasteiger partial charge on any atom is -0.444 e. The smallest absolute Gasteiger partial charge is 0.410 e. The molecule has 8 heteroatoms. The number of hydrogen-bond donors (Lipinski definition) is 0. The summed E-state index contributed by atoms with van der Waals surface area (Å²) in [6, 6.07) is 9.56. The third-order valence-electron chi connectivity index (χ3n) is 4.55. The van der Waals surface area contributed by atoms with Crippen LogP contribution in [0.4, 0.5) is 10.5 Å². The summed E-state index contributed by atoms with van der Waals surface area (Å²) in [4.78, 5) is 24.7. The molecule has 0 saturated carbocycles. The topological polar surface area (TPSA) is 90.5 Å². The van der Waals surface area contributed by atoms with Gasteiger partial charge in [0.1, 0.15) is 18.0 Å². The molecule has 8 nitrogen and oxygen atoms in total. The van der Waals surface area contributed by atoms with Crippen molar-refractivity contribution in [1.82, 2.24) is 14.7 Å². The van der Waals surface area contributed by atoms with Gasteiger partial charge in [0, 0.05) is 19.0 Å². The molecule has 27 heavy (non-hydrogen) atoms. The van der Waals surface area contributed by atoms with Crippen LogP contribution in [-0.4, -0.2) is 44.4 Å². The van der Waals surface area contributed by atoms with Crippen molar-refractivity contribution in [3.63, 3.8) is 0 Å². The van der Waals surface area contributed by atoms with Crippen LogP contribution in [0.25, 0.3) is 0 Å².